The topological polar surface area (TPSA) is 70.2 Å². The Bertz CT molecular complexity index is 739. The van der Waals surface area contributed by atoms with E-state index < -0.39 is 10.2 Å². The van der Waals surface area contributed by atoms with E-state index in [1.54, 1.807) is 4.90 Å². The van der Waals surface area contributed by atoms with Crippen molar-refractivity contribution in [3.05, 3.63) is 28.8 Å². The Morgan fingerprint density at radius 2 is 1.64 bits per heavy atom. The minimum Gasteiger partial charge on any atom is -0.483 e. The van der Waals surface area contributed by atoms with E-state index in [9.17, 15) is 13.2 Å². The van der Waals surface area contributed by atoms with Crippen LogP contribution in [0.25, 0.3) is 0 Å². The van der Waals surface area contributed by atoms with Gasteiger partial charge in [0, 0.05) is 40.3 Å². The van der Waals surface area contributed by atoms with Crippen molar-refractivity contribution in [2.24, 2.45) is 0 Å². The zero-order chi connectivity index (χ0) is 18.8. The quantitative estimate of drug-likeness (QED) is 0.775. The van der Waals surface area contributed by atoms with Gasteiger partial charge in [0.15, 0.2) is 6.61 Å². The van der Waals surface area contributed by atoms with Gasteiger partial charge in [-0.3, -0.25) is 4.79 Å². The molecule has 0 unspecified atom stereocenters. The number of carbonyl (C=O) groups excluding carboxylic acids is 1. The second kappa shape index (κ2) is 7.72. The first-order chi connectivity index (χ1) is 11.6. The molecule has 1 heterocycles. The van der Waals surface area contributed by atoms with Crippen LogP contribution in [0.4, 0.5) is 0 Å². The number of aryl methyl sites for hydroxylation is 2. The van der Waals surface area contributed by atoms with Gasteiger partial charge in [-0.25, -0.2) is 0 Å². The molecule has 0 spiro atoms. The van der Waals surface area contributed by atoms with Crippen LogP contribution in [0.2, 0.25) is 0 Å². The van der Waals surface area contributed by atoms with Crippen molar-refractivity contribution in [1.82, 2.24) is 13.5 Å². The third-order valence-electron chi connectivity index (χ3n) is 4.59. The molecule has 1 aromatic carbocycles. The first-order valence-corrected chi connectivity index (χ1v) is 9.69. The predicted octanol–water partition coefficient (Wildman–Crippen LogP) is 0.941. The highest BCUT2D eigenvalue weighted by Crippen LogP contribution is 2.25. The van der Waals surface area contributed by atoms with Gasteiger partial charge in [0.2, 0.25) is 0 Å². The summed E-state index contributed by atoms with van der Waals surface area (Å²) in [5, 5.41) is 0. The maximum Gasteiger partial charge on any atom is 0.281 e. The highest BCUT2D eigenvalue weighted by molar-refractivity contribution is 7.86. The Hall–Kier alpha value is -1.64. The van der Waals surface area contributed by atoms with Crippen molar-refractivity contribution in [2.45, 2.75) is 20.8 Å². The summed E-state index contributed by atoms with van der Waals surface area (Å²) in [5.41, 5.74) is 3.16. The molecule has 1 aliphatic rings. The smallest absolute Gasteiger partial charge is 0.281 e. The van der Waals surface area contributed by atoms with Gasteiger partial charge in [0.1, 0.15) is 5.75 Å². The van der Waals surface area contributed by atoms with Crippen LogP contribution in [0.5, 0.6) is 5.75 Å². The first kappa shape index (κ1) is 19.7. The fourth-order valence-electron chi connectivity index (χ4n) is 2.77. The summed E-state index contributed by atoms with van der Waals surface area (Å²) >= 11 is 0. The van der Waals surface area contributed by atoms with Crippen molar-refractivity contribution in [3.8, 4) is 5.75 Å². The van der Waals surface area contributed by atoms with E-state index in [0.29, 0.717) is 26.2 Å². The number of hydrogen-bond acceptors (Lipinski definition) is 4. The maximum atomic E-state index is 12.4. The number of hydrogen-bond donors (Lipinski definition) is 0. The van der Waals surface area contributed by atoms with Gasteiger partial charge in [-0.2, -0.15) is 17.0 Å². The zero-order valence-corrected chi connectivity index (χ0v) is 16.4. The molecular formula is C17H27N3O4S. The average molecular weight is 369 g/mol. The van der Waals surface area contributed by atoms with E-state index in [2.05, 4.69) is 0 Å². The van der Waals surface area contributed by atoms with Gasteiger partial charge in [0.05, 0.1) is 0 Å². The summed E-state index contributed by atoms with van der Waals surface area (Å²) in [7, 11) is -0.409. The molecule has 0 N–H and O–H groups in total. The Balaban J connectivity index is 1.93. The molecule has 140 valence electrons. The number of ether oxygens (including phenoxy) is 1. The van der Waals surface area contributed by atoms with Crippen molar-refractivity contribution in [3.63, 3.8) is 0 Å². The second-order valence-corrected chi connectivity index (χ2v) is 8.65. The van der Waals surface area contributed by atoms with E-state index >= 15 is 0 Å². The van der Waals surface area contributed by atoms with Gasteiger partial charge < -0.3 is 9.64 Å². The molecule has 7 nitrogen and oxygen atoms in total. The van der Waals surface area contributed by atoms with Gasteiger partial charge in [0.25, 0.3) is 16.1 Å². The van der Waals surface area contributed by atoms with Gasteiger partial charge in [-0.05, 0) is 37.5 Å². The maximum absolute atomic E-state index is 12.4. The molecule has 25 heavy (non-hydrogen) atoms. The van der Waals surface area contributed by atoms with Crippen molar-refractivity contribution in [2.75, 3.05) is 46.9 Å². The predicted molar refractivity (Wildman–Crippen MR) is 96.9 cm³/mol. The van der Waals surface area contributed by atoms with Gasteiger partial charge >= 0.3 is 0 Å². The summed E-state index contributed by atoms with van der Waals surface area (Å²) in [6, 6.07) is 4.01. The van der Waals surface area contributed by atoms with Crippen LogP contribution < -0.4 is 4.74 Å². The fourth-order valence-corrected chi connectivity index (χ4v) is 3.86. The molecule has 8 heteroatoms. The van der Waals surface area contributed by atoms with E-state index in [-0.39, 0.29) is 12.5 Å². The summed E-state index contributed by atoms with van der Waals surface area (Å²) < 4.78 is 32.6. The Morgan fingerprint density at radius 1 is 1.08 bits per heavy atom. The molecule has 1 aromatic rings. The third kappa shape index (κ3) is 4.31. The number of piperazine rings is 1. The third-order valence-corrected chi connectivity index (χ3v) is 6.53. The highest BCUT2D eigenvalue weighted by Gasteiger charge is 2.30. The summed E-state index contributed by atoms with van der Waals surface area (Å²) in [4.78, 5) is 14.0. The molecule has 0 radical (unpaired) electrons. The van der Waals surface area contributed by atoms with Crippen LogP contribution in [0.15, 0.2) is 12.1 Å². The first-order valence-electron chi connectivity index (χ1n) is 8.29. The van der Waals surface area contributed by atoms with Crippen molar-refractivity contribution >= 4 is 16.1 Å². The van der Waals surface area contributed by atoms with E-state index in [4.69, 9.17) is 4.74 Å². The van der Waals surface area contributed by atoms with Gasteiger partial charge in [-0.1, -0.05) is 12.1 Å². The standard InChI is InChI=1S/C17H27N3O4S/c1-13-6-7-14(2)17(15(13)3)24-12-16(21)19-8-10-20(11-9-19)25(22,23)18(4)5/h6-7H,8-12H2,1-5H3. The normalized spacial score (nSPS) is 16.3. The molecule has 0 bridgehead atoms. The summed E-state index contributed by atoms with van der Waals surface area (Å²) in [5.74, 6) is 0.629. The summed E-state index contributed by atoms with van der Waals surface area (Å²) in [6.07, 6.45) is 0. The van der Waals surface area contributed by atoms with Crippen LogP contribution in [0.3, 0.4) is 0 Å². The molecule has 1 fully saturated rings. The SMILES string of the molecule is Cc1ccc(C)c(OCC(=O)N2CCN(S(=O)(=O)N(C)C)CC2)c1C. The van der Waals surface area contributed by atoms with E-state index in [0.717, 1.165) is 22.4 Å². The van der Waals surface area contributed by atoms with Crippen LogP contribution in [-0.2, 0) is 15.0 Å². The monoisotopic (exact) mass is 369 g/mol. The molecular weight excluding hydrogens is 342 g/mol. The lowest BCUT2D eigenvalue weighted by atomic mass is 10.1. The van der Waals surface area contributed by atoms with Crippen LogP contribution in [-0.4, -0.2) is 74.7 Å². The lowest BCUT2D eigenvalue weighted by molar-refractivity contribution is -0.134. The van der Waals surface area contributed by atoms with E-state index in [1.807, 2.05) is 32.9 Å². The molecule has 2 rings (SSSR count). The highest BCUT2D eigenvalue weighted by atomic mass is 32.2. The molecule has 0 aliphatic carbocycles. The van der Waals surface area contributed by atoms with Crippen molar-refractivity contribution < 1.29 is 17.9 Å². The lowest BCUT2D eigenvalue weighted by Crippen LogP contribution is -2.53. The number of nitrogens with zero attached hydrogens (tertiary/aromatic N) is 3. The molecule has 1 aliphatic heterocycles. The molecule has 1 saturated heterocycles. The fraction of sp³-hybridized carbons (Fsp3) is 0.588. The molecule has 1 amide bonds. The number of carbonyl (C=O) groups is 1. The van der Waals surface area contributed by atoms with Gasteiger partial charge in [-0.15, -0.1) is 0 Å². The largest absolute Gasteiger partial charge is 0.483 e. The molecule has 0 saturated carbocycles. The average Bonchev–Trinajstić information content (AvgIpc) is 2.58. The van der Waals surface area contributed by atoms with E-state index in [1.165, 1.54) is 22.7 Å². The minimum absolute atomic E-state index is 0.0361. The minimum atomic E-state index is -3.42. The molecule has 0 atom stereocenters. The molecule has 0 aromatic heterocycles. The number of benzene rings is 1. The van der Waals surface area contributed by atoms with Crippen LogP contribution in [0.1, 0.15) is 16.7 Å². The van der Waals surface area contributed by atoms with Crippen molar-refractivity contribution in [1.29, 1.82) is 0 Å². The van der Waals surface area contributed by atoms with Crippen LogP contribution >= 0.6 is 0 Å². The Morgan fingerprint density at radius 3 is 2.20 bits per heavy atom. The Labute approximate surface area is 150 Å². The number of rotatable bonds is 5. The number of amides is 1. The Kier molecular flexibility index (Phi) is 6.08. The lowest BCUT2D eigenvalue weighted by Gasteiger charge is -2.35. The second-order valence-electron chi connectivity index (χ2n) is 6.51. The van der Waals surface area contributed by atoms with Crippen LogP contribution in [0, 0.1) is 20.8 Å². The zero-order valence-electron chi connectivity index (χ0n) is 15.6. The summed E-state index contributed by atoms with van der Waals surface area (Å²) in [6.45, 7) is 7.26.